The van der Waals surface area contributed by atoms with Crippen LogP contribution in [-0.2, 0) is 0 Å². The van der Waals surface area contributed by atoms with Crippen LogP contribution >= 0.6 is 11.6 Å². The van der Waals surface area contributed by atoms with Gasteiger partial charge in [-0.1, -0.05) is 17.7 Å². The second-order valence-corrected chi connectivity index (χ2v) is 3.42. The number of hydrogen-bond donors (Lipinski definition) is 0. The predicted molar refractivity (Wildman–Crippen MR) is 42.5 cm³/mol. The molecule has 0 amide bonds. The molecule has 0 spiro atoms. The van der Waals surface area contributed by atoms with Crippen LogP contribution in [0.2, 0.25) is 0 Å². The van der Waals surface area contributed by atoms with Crippen molar-refractivity contribution in [2.45, 2.75) is 6.42 Å². The third kappa shape index (κ3) is 7.99. The zero-order valence-corrected chi connectivity index (χ0v) is 7.15. The molecule has 0 aliphatic rings. The second kappa shape index (κ2) is 3.91. The van der Waals surface area contributed by atoms with Crippen LogP contribution in [0.15, 0.2) is 11.6 Å². The minimum absolute atomic E-state index is 1.00. The van der Waals surface area contributed by atoms with E-state index in [1.54, 1.807) is 5.54 Å². The molecule has 54 valence electrons. The standard InChI is InChI=1S/C7H15ClN/c1-9(2,3)7-5-4-6-8/h4,6H,5,7H2,1-3H3/q+1. The summed E-state index contributed by atoms with van der Waals surface area (Å²) in [7, 11) is 6.51. The van der Waals surface area contributed by atoms with Crippen molar-refractivity contribution in [2.75, 3.05) is 27.7 Å². The van der Waals surface area contributed by atoms with E-state index in [0.29, 0.717) is 0 Å². The number of nitrogens with zero attached hydrogens (tertiary/aromatic N) is 1. The topological polar surface area (TPSA) is 0 Å². The Hall–Kier alpha value is -0.0100. The molecule has 0 aromatic heterocycles. The van der Waals surface area contributed by atoms with Gasteiger partial charge in [0.05, 0.1) is 27.7 Å². The fourth-order valence-electron chi connectivity index (χ4n) is 0.525. The quantitative estimate of drug-likeness (QED) is 0.536. The van der Waals surface area contributed by atoms with Crippen molar-refractivity contribution in [1.29, 1.82) is 0 Å². The largest absolute Gasteiger partial charge is 0.331 e. The van der Waals surface area contributed by atoms with Crippen molar-refractivity contribution >= 4 is 11.6 Å². The van der Waals surface area contributed by atoms with E-state index in [0.717, 1.165) is 17.4 Å². The molecule has 2 heteroatoms. The van der Waals surface area contributed by atoms with Gasteiger partial charge in [0, 0.05) is 12.0 Å². The lowest BCUT2D eigenvalue weighted by molar-refractivity contribution is -0.869. The van der Waals surface area contributed by atoms with E-state index in [4.69, 9.17) is 11.6 Å². The number of hydrogen-bond acceptors (Lipinski definition) is 0. The molecule has 0 radical (unpaired) electrons. The van der Waals surface area contributed by atoms with Gasteiger partial charge in [0.15, 0.2) is 0 Å². The molecule has 0 bridgehead atoms. The van der Waals surface area contributed by atoms with Gasteiger partial charge < -0.3 is 4.48 Å². The van der Waals surface area contributed by atoms with E-state index in [-0.39, 0.29) is 0 Å². The molecule has 0 atom stereocenters. The van der Waals surface area contributed by atoms with Crippen LogP contribution < -0.4 is 0 Å². The summed E-state index contributed by atoms with van der Waals surface area (Å²) >= 11 is 5.34. The molecular formula is C7H15ClN+. The van der Waals surface area contributed by atoms with Crippen molar-refractivity contribution in [2.24, 2.45) is 0 Å². The molecule has 0 unspecified atom stereocenters. The molecule has 0 saturated carbocycles. The Labute approximate surface area is 62.5 Å². The summed E-state index contributed by atoms with van der Waals surface area (Å²) in [6.07, 6.45) is 3.04. The summed E-state index contributed by atoms with van der Waals surface area (Å²) in [5.41, 5.74) is 1.58. The monoisotopic (exact) mass is 148 g/mol. The summed E-state index contributed by atoms with van der Waals surface area (Å²) in [4.78, 5) is 0. The Morgan fingerprint density at radius 1 is 1.33 bits per heavy atom. The van der Waals surface area contributed by atoms with Gasteiger partial charge >= 0.3 is 0 Å². The minimum atomic E-state index is 1.00. The fourth-order valence-corrected chi connectivity index (χ4v) is 0.651. The number of halogens is 1. The minimum Gasteiger partial charge on any atom is -0.331 e. The van der Waals surface area contributed by atoms with Crippen LogP contribution in [-0.4, -0.2) is 32.2 Å². The molecular weight excluding hydrogens is 134 g/mol. The van der Waals surface area contributed by atoms with Gasteiger partial charge in [-0.2, -0.15) is 0 Å². The van der Waals surface area contributed by atoms with E-state index >= 15 is 0 Å². The Morgan fingerprint density at radius 3 is 2.22 bits per heavy atom. The maximum atomic E-state index is 5.34. The van der Waals surface area contributed by atoms with E-state index < -0.39 is 0 Å². The van der Waals surface area contributed by atoms with Gasteiger partial charge in [0.2, 0.25) is 0 Å². The first kappa shape index (κ1) is 8.99. The van der Waals surface area contributed by atoms with Crippen LogP contribution in [0.4, 0.5) is 0 Å². The first-order chi connectivity index (χ1) is 4.06. The second-order valence-electron chi connectivity index (χ2n) is 3.16. The molecule has 0 fully saturated rings. The van der Waals surface area contributed by atoms with E-state index in [2.05, 4.69) is 21.1 Å². The van der Waals surface area contributed by atoms with Crippen LogP contribution in [0, 0.1) is 0 Å². The summed E-state index contributed by atoms with van der Waals surface area (Å²) in [6, 6.07) is 0. The first-order valence-corrected chi connectivity index (χ1v) is 3.55. The average Bonchev–Trinajstić information content (AvgIpc) is 1.63. The van der Waals surface area contributed by atoms with Crippen molar-refractivity contribution in [3.63, 3.8) is 0 Å². The van der Waals surface area contributed by atoms with E-state index in [1.165, 1.54) is 0 Å². The molecule has 0 aromatic carbocycles. The fraction of sp³-hybridized carbons (Fsp3) is 0.714. The highest BCUT2D eigenvalue weighted by Crippen LogP contribution is 1.94. The summed E-state index contributed by atoms with van der Waals surface area (Å²) < 4.78 is 1.00. The van der Waals surface area contributed by atoms with Crippen molar-refractivity contribution < 1.29 is 4.48 Å². The summed E-state index contributed by atoms with van der Waals surface area (Å²) in [6.45, 7) is 1.14. The van der Waals surface area contributed by atoms with Gasteiger partial charge in [0.25, 0.3) is 0 Å². The lowest BCUT2D eigenvalue weighted by Gasteiger charge is -2.22. The van der Waals surface area contributed by atoms with Crippen LogP contribution in [0.3, 0.4) is 0 Å². The maximum Gasteiger partial charge on any atom is 0.0815 e. The molecule has 9 heavy (non-hydrogen) atoms. The Kier molecular flexibility index (Phi) is 3.91. The van der Waals surface area contributed by atoms with Crippen LogP contribution in [0.5, 0.6) is 0 Å². The number of rotatable bonds is 3. The Balaban J connectivity index is 3.28. The molecule has 0 aliphatic carbocycles. The Bertz CT molecular complexity index is 91.6. The highest BCUT2D eigenvalue weighted by Gasteiger charge is 2.02. The summed E-state index contributed by atoms with van der Waals surface area (Å²) in [5.74, 6) is 0. The van der Waals surface area contributed by atoms with Crippen LogP contribution in [0.25, 0.3) is 0 Å². The Morgan fingerprint density at radius 2 is 1.89 bits per heavy atom. The SMILES string of the molecule is C[N+](C)(C)CCC=CCl. The van der Waals surface area contributed by atoms with Gasteiger partial charge in [-0.25, -0.2) is 0 Å². The zero-order valence-electron chi connectivity index (χ0n) is 6.39. The summed E-state index contributed by atoms with van der Waals surface area (Å²) in [5, 5.41) is 0. The normalized spacial score (nSPS) is 12.9. The molecule has 0 rings (SSSR count). The van der Waals surface area contributed by atoms with E-state index in [1.807, 2.05) is 6.08 Å². The molecule has 0 heterocycles. The third-order valence-corrected chi connectivity index (χ3v) is 1.23. The van der Waals surface area contributed by atoms with Gasteiger partial charge in [0.1, 0.15) is 0 Å². The highest BCUT2D eigenvalue weighted by molar-refractivity contribution is 6.25. The van der Waals surface area contributed by atoms with Gasteiger partial charge in [-0.3, -0.25) is 0 Å². The molecule has 0 saturated heterocycles. The maximum absolute atomic E-state index is 5.34. The lowest BCUT2D eigenvalue weighted by Crippen LogP contribution is -2.34. The average molecular weight is 149 g/mol. The van der Waals surface area contributed by atoms with Crippen LogP contribution in [0.1, 0.15) is 6.42 Å². The predicted octanol–water partition coefficient (Wildman–Crippen LogP) is 1.84. The third-order valence-electron chi connectivity index (χ3n) is 1.06. The van der Waals surface area contributed by atoms with E-state index in [9.17, 15) is 0 Å². The smallest absolute Gasteiger partial charge is 0.0815 e. The first-order valence-electron chi connectivity index (χ1n) is 3.12. The van der Waals surface area contributed by atoms with Gasteiger partial charge in [-0.05, 0) is 0 Å². The molecule has 0 aliphatic heterocycles. The van der Waals surface area contributed by atoms with Crippen molar-refractivity contribution in [3.8, 4) is 0 Å². The lowest BCUT2D eigenvalue weighted by atomic mass is 10.4. The molecule has 0 aromatic rings. The van der Waals surface area contributed by atoms with Crippen molar-refractivity contribution in [3.05, 3.63) is 11.6 Å². The molecule has 0 N–H and O–H groups in total. The highest BCUT2D eigenvalue weighted by atomic mass is 35.5. The van der Waals surface area contributed by atoms with Crippen molar-refractivity contribution in [1.82, 2.24) is 0 Å². The van der Waals surface area contributed by atoms with Gasteiger partial charge in [-0.15, -0.1) is 0 Å². The zero-order chi connectivity index (χ0) is 7.33. The number of quaternary nitrogens is 1. The molecule has 1 nitrogen and oxygen atoms in total.